The van der Waals surface area contributed by atoms with Crippen molar-refractivity contribution in [1.82, 2.24) is 5.32 Å². The van der Waals surface area contributed by atoms with Gasteiger partial charge in [-0.15, -0.1) is 0 Å². The fourth-order valence-corrected chi connectivity index (χ4v) is 2.07. The van der Waals surface area contributed by atoms with Crippen molar-refractivity contribution < 1.29 is 19.4 Å². The van der Waals surface area contributed by atoms with E-state index in [-0.39, 0.29) is 24.0 Å². The predicted octanol–water partition coefficient (Wildman–Crippen LogP) is 0.417. The first-order valence-electron chi connectivity index (χ1n) is 6.47. The van der Waals surface area contributed by atoms with Crippen LogP contribution in [0, 0.1) is 0 Å². The SMILES string of the molecule is CC[C@@H](C)OC1C=C(C(=O)O)C[C@H](N)[C@H]1NC(C)=O. The van der Waals surface area contributed by atoms with E-state index in [2.05, 4.69) is 5.32 Å². The summed E-state index contributed by atoms with van der Waals surface area (Å²) in [6.07, 6.45) is 2.04. The molecule has 1 unspecified atom stereocenters. The Labute approximate surface area is 113 Å². The zero-order valence-electron chi connectivity index (χ0n) is 11.6. The topological polar surface area (TPSA) is 102 Å². The first-order valence-corrected chi connectivity index (χ1v) is 6.47. The van der Waals surface area contributed by atoms with Crippen LogP contribution in [0.3, 0.4) is 0 Å². The summed E-state index contributed by atoms with van der Waals surface area (Å²) in [4.78, 5) is 22.3. The van der Waals surface area contributed by atoms with Crippen molar-refractivity contribution in [2.75, 3.05) is 0 Å². The van der Waals surface area contributed by atoms with Crippen molar-refractivity contribution >= 4 is 11.9 Å². The lowest BCUT2D eigenvalue weighted by molar-refractivity contribution is -0.133. The highest BCUT2D eigenvalue weighted by Crippen LogP contribution is 2.22. The molecule has 6 nitrogen and oxygen atoms in total. The van der Waals surface area contributed by atoms with Crippen LogP contribution in [0.2, 0.25) is 0 Å². The molecule has 19 heavy (non-hydrogen) atoms. The van der Waals surface area contributed by atoms with Crippen molar-refractivity contribution in [2.45, 2.75) is 57.9 Å². The van der Waals surface area contributed by atoms with Gasteiger partial charge in [0.1, 0.15) is 0 Å². The van der Waals surface area contributed by atoms with Gasteiger partial charge in [0.25, 0.3) is 0 Å². The molecule has 0 fully saturated rings. The quantitative estimate of drug-likeness (QED) is 0.672. The lowest BCUT2D eigenvalue weighted by Gasteiger charge is -2.35. The molecule has 4 N–H and O–H groups in total. The fourth-order valence-electron chi connectivity index (χ4n) is 2.07. The van der Waals surface area contributed by atoms with Crippen LogP contribution in [-0.4, -0.2) is 41.3 Å². The first-order chi connectivity index (χ1) is 8.85. The van der Waals surface area contributed by atoms with E-state index in [0.717, 1.165) is 6.42 Å². The highest BCUT2D eigenvalue weighted by molar-refractivity contribution is 5.87. The van der Waals surface area contributed by atoms with E-state index in [4.69, 9.17) is 15.6 Å². The number of rotatable bonds is 5. The molecule has 1 aliphatic rings. The molecule has 0 aromatic rings. The molecule has 1 aliphatic carbocycles. The Morgan fingerprint density at radius 1 is 1.63 bits per heavy atom. The third-order valence-electron chi connectivity index (χ3n) is 3.25. The van der Waals surface area contributed by atoms with E-state index in [1.54, 1.807) is 6.08 Å². The minimum atomic E-state index is -0.991. The van der Waals surface area contributed by atoms with Gasteiger partial charge in [-0.3, -0.25) is 4.79 Å². The number of ether oxygens (including phenoxy) is 1. The van der Waals surface area contributed by atoms with Crippen molar-refractivity contribution in [2.24, 2.45) is 5.73 Å². The number of nitrogens with two attached hydrogens (primary N) is 1. The number of amides is 1. The van der Waals surface area contributed by atoms with Gasteiger partial charge in [-0.2, -0.15) is 0 Å². The number of carbonyl (C=O) groups is 2. The summed E-state index contributed by atoms with van der Waals surface area (Å²) in [6, 6.07) is -0.858. The first kappa shape index (κ1) is 15.7. The Kier molecular flexibility index (Phi) is 5.50. The Morgan fingerprint density at radius 3 is 2.74 bits per heavy atom. The van der Waals surface area contributed by atoms with Crippen LogP contribution in [0.15, 0.2) is 11.6 Å². The standard InChI is InChI=1S/C13H22N2O4/c1-4-7(2)19-11-6-9(13(17)18)5-10(14)12(11)15-8(3)16/h6-7,10-12H,4-5,14H2,1-3H3,(H,15,16)(H,17,18)/t7-,10+,11?,12-/m1/s1. The number of aliphatic carboxylic acids is 1. The number of hydrogen-bond acceptors (Lipinski definition) is 4. The third kappa shape index (κ3) is 4.33. The number of carboxylic acids is 1. The Hall–Kier alpha value is -1.40. The van der Waals surface area contributed by atoms with Gasteiger partial charge in [0, 0.05) is 18.5 Å². The average Bonchev–Trinajstić information content (AvgIpc) is 2.32. The zero-order chi connectivity index (χ0) is 14.6. The maximum Gasteiger partial charge on any atom is 0.331 e. The van der Waals surface area contributed by atoms with E-state index in [1.165, 1.54) is 6.92 Å². The highest BCUT2D eigenvalue weighted by atomic mass is 16.5. The molecule has 1 rings (SSSR count). The van der Waals surface area contributed by atoms with Crippen LogP contribution in [0.4, 0.5) is 0 Å². The van der Waals surface area contributed by atoms with E-state index in [9.17, 15) is 9.59 Å². The van der Waals surface area contributed by atoms with Gasteiger partial charge in [0.05, 0.1) is 18.2 Å². The third-order valence-corrected chi connectivity index (χ3v) is 3.25. The predicted molar refractivity (Wildman–Crippen MR) is 70.5 cm³/mol. The number of hydrogen-bond donors (Lipinski definition) is 3. The molecular formula is C13H22N2O4. The molecule has 108 valence electrons. The second kappa shape index (κ2) is 6.68. The highest BCUT2D eigenvalue weighted by Gasteiger charge is 2.35. The van der Waals surface area contributed by atoms with Crippen molar-refractivity contribution in [3.63, 3.8) is 0 Å². The summed E-state index contributed by atoms with van der Waals surface area (Å²) in [6.45, 7) is 5.28. The van der Waals surface area contributed by atoms with Gasteiger partial charge in [0.2, 0.25) is 5.91 Å². The molecule has 0 saturated heterocycles. The van der Waals surface area contributed by atoms with Crippen LogP contribution in [0.5, 0.6) is 0 Å². The maximum absolute atomic E-state index is 11.2. The van der Waals surface area contributed by atoms with Gasteiger partial charge >= 0.3 is 5.97 Å². The Morgan fingerprint density at radius 2 is 2.26 bits per heavy atom. The van der Waals surface area contributed by atoms with Crippen LogP contribution in [0.1, 0.15) is 33.6 Å². The molecule has 0 heterocycles. The second-order valence-electron chi connectivity index (χ2n) is 4.91. The molecule has 0 saturated carbocycles. The maximum atomic E-state index is 11.2. The Balaban J connectivity index is 2.94. The zero-order valence-corrected chi connectivity index (χ0v) is 11.6. The van der Waals surface area contributed by atoms with Crippen LogP contribution in [0.25, 0.3) is 0 Å². The van der Waals surface area contributed by atoms with Crippen molar-refractivity contribution in [3.05, 3.63) is 11.6 Å². The van der Waals surface area contributed by atoms with Gasteiger partial charge in [-0.1, -0.05) is 6.92 Å². The van der Waals surface area contributed by atoms with E-state index in [0.29, 0.717) is 0 Å². The summed E-state index contributed by atoms with van der Waals surface area (Å²) < 4.78 is 5.77. The number of carbonyl (C=O) groups excluding carboxylic acids is 1. The molecule has 0 spiro atoms. The van der Waals surface area contributed by atoms with Gasteiger partial charge in [-0.05, 0) is 25.8 Å². The molecule has 0 radical (unpaired) electrons. The number of nitrogens with one attached hydrogen (secondary N) is 1. The molecule has 0 bridgehead atoms. The van der Waals surface area contributed by atoms with E-state index < -0.39 is 24.2 Å². The van der Waals surface area contributed by atoms with Crippen LogP contribution >= 0.6 is 0 Å². The summed E-state index contributed by atoms with van der Waals surface area (Å²) in [5, 5.41) is 11.8. The van der Waals surface area contributed by atoms with E-state index in [1.807, 2.05) is 13.8 Å². The van der Waals surface area contributed by atoms with Crippen molar-refractivity contribution in [1.29, 1.82) is 0 Å². The second-order valence-corrected chi connectivity index (χ2v) is 4.91. The molecule has 6 heteroatoms. The van der Waals surface area contributed by atoms with E-state index >= 15 is 0 Å². The summed E-state index contributed by atoms with van der Waals surface area (Å²) in [5.41, 5.74) is 6.20. The van der Waals surface area contributed by atoms with Gasteiger partial charge in [-0.25, -0.2) is 4.79 Å². The summed E-state index contributed by atoms with van der Waals surface area (Å²) in [7, 11) is 0. The fraction of sp³-hybridized carbons (Fsp3) is 0.692. The summed E-state index contributed by atoms with van der Waals surface area (Å²) >= 11 is 0. The van der Waals surface area contributed by atoms with Crippen LogP contribution < -0.4 is 11.1 Å². The lowest BCUT2D eigenvalue weighted by atomic mass is 9.88. The normalized spacial score (nSPS) is 28.4. The number of carboxylic acid groups (broad SMARTS) is 1. The average molecular weight is 270 g/mol. The minimum absolute atomic E-state index is 0.0298. The lowest BCUT2D eigenvalue weighted by Crippen LogP contribution is -2.56. The Bertz CT molecular complexity index is 381. The smallest absolute Gasteiger partial charge is 0.331 e. The van der Waals surface area contributed by atoms with Crippen molar-refractivity contribution in [3.8, 4) is 0 Å². The molecule has 1 amide bonds. The van der Waals surface area contributed by atoms with Gasteiger partial charge < -0.3 is 20.9 Å². The monoisotopic (exact) mass is 270 g/mol. The minimum Gasteiger partial charge on any atom is -0.478 e. The molecule has 0 aromatic carbocycles. The molecule has 0 aliphatic heterocycles. The summed E-state index contributed by atoms with van der Waals surface area (Å²) in [5.74, 6) is -1.19. The molecule has 0 aromatic heterocycles. The van der Waals surface area contributed by atoms with Gasteiger partial charge in [0.15, 0.2) is 0 Å². The van der Waals surface area contributed by atoms with Crippen LogP contribution in [-0.2, 0) is 14.3 Å². The molecule has 4 atom stereocenters. The molecular weight excluding hydrogens is 248 g/mol. The largest absolute Gasteiger partial charge is 0.478 e.